The lowest BCUT2D eigenvalue weighted by Gasteiger charge is -2.37. The standard InChI is InChI=1S/C16H24BrN3/c1-2-15-5-3-4-8-20(15)16-12(9-13(17)11-19-16)10-18-14-6-7-14/h9,11,14-15,18H,2-8,10H2,1H3. The van der Waals surface area contributed by atoms with Gasteiger partial charge in [0.25, 0.3) is 0 Å². The average Bonchev–Trinajstić information content (AvgIpc) is 3.29. The van der Waals surface area contributed by atoms with Crippen LogP contribution in [0, 0.1) is 0 Å². The Balaban J connectivity index is 1.81. The van der Waals surface area contributed by atoms with Crippen molar-refractivity contribution in [3.63, 3.8) is 0 Å². The summed E-state index contributed by atoms with van der Waals surface area (Å²) in [5.74, 6) is 1.20. The molecule has 110 valence electrons. The Kier molecular flexibility index (Phi) is 4.61. The molecule has 1 saturated carbocycles. The van der Waals surface area contributed by atoms with E-state index in [9.17, 15) is 0 Å². The van der Waals surface area contributed by atoms with Gasteiger partial charge in [-0.1, -0.05) is 6.92 Å². The highest BCUT2D eigenvalue weighted by molar-refractivity contribution is 9.10. The van der Waals surface area contributed by atoms with Gasteiger partial charge in [0.05, 0.1) is 0 Å². The lowest BCUT2D eigenvalue weighted by atomic mass is 9.99. The first-order valence-electron chi connectivity index (χ1n) is 7.92. The Morgan fingerprint density at radius 3 is 2.95 bits per heavy atom. The predicted octanol–water partition coefficient (Wildman–Crippen LogP) is 3.87. The molecule has 1 aliphatic carbocycles. The highest BCUT2D eigenvalue weighted by Crippen LogP contribution is 2.30. The minimum absolute atomic E-state index is 0.664. The molecule has 0 radical (unpaired) electrons. The minimum Gasteiger partial charge on any atom is -0.353 e. The van der Waals surface area contributed by atoms with Crippen molar-refractivity contribution in [1.82, 2.24) is 10.3 Å². The summed E-state index contributed by atoms with van der Waals surface area (Å²) in [4.78, 5) is 7.28. The van der Waals surface area contributed by atoms with Gasteiger partial charge in [0.1, 0.15) is 5.82 Å². The molecule has 0 spiro atoms. The van der Waals surface area contributed by atoms with E-state index in [1.165, 1.54) is 49.9 Å². The molecule has 1 aromatic heterocycles. The number of anilines is 1. The van der Waals surface area contributed by atoms with Crippen LogP contribution in [0.2, 0.25) is 0 Å². The molecule has 2 heterocycles. The molecule has 4 heteroatoms. The Labute approximate surface area is 130 Å². The second-order valence-corrected chi connectivity index (χ2v) is 6.96. The van der Waals surface area contributed by atoms with Gasteiger partial charge in [-0.05, 0) is 60.5 Å². The van der Waals surface area contributed by atoms with Crippen LogP contribution in [0.5, 0.6) is 0 Å². The number of rotatable bonds is 5. The van der Waals surface area contributed by atoms with Gasteiger partial charge in [0.2, 0.25) is 0 Å². The number of pyridine rings is 1. The summed E-state index contributed by atoms with van der Waals surface area (Å²) in [5.41, 5.74) is 1.34. The van der Waals surface area contributed by atoms with Crippen LogP contribution in [0.4, 0.5) is 5.82 Å². The van der Waals surface area contributed by atoms with Crippen molar-refractivity contribution in [3.8, 4) is 0 Å². The van der Waals surface area contributed by atoms with Gasteiger partial charge < -0.3 is 10.2 Å². The number of aromatic nitrogens is 1. The van der Waals surface area contributed by atoms with Crippen molar-refractivity contribution in [2.45, 2.75) is 64.1 Å². The molecule has 0 bridgehead atoms. The zero-order chi connectivity index (χ0) is 13.9. The molecule has 1 saturated heterocycles. The first-order chi connectivity index (χ1) is 9.78. The van der Waals surface area contributed by atoms with E-state index < -0.39 is 0 Å². The first kappa shape index (κ1) is 14.3. The monoisotopic (exact) mass is 337 g/mol. The fraction of sp³-hybridized carbons (Fsp3) is 0.688. The Hall–Kier alpha value is -0.610. The first-order valence-corrected chi connectivity index (χ1v) is 8.71. The van der Waals surface area contributed by atoms with E-state index in [2.05, 4.69) is 39.1 Å². The number of nitrogens with zero attached hydrogens (tertiary/aromatic N) is 2. The number of hydrogen-bond donors (Lipinski definition) is 1. The summed E-state index contributed by atoms with van der Waals surface area (Å²) in [6.07, 6.45) is 9.79. The molecule has 1 aromatic rings. The topological polar surface area (TPSA) is 28.2 Å². The maximum atomic E-state index is 4.74. The zero-order valence-corrected chi connectivity index (χ0v) is 13.8. The van der Waals surface area contributed by atoms with Crippen molar-refractivity contribution in [3.05, 3.63) is 22.3 Å². The molecule has 1 unspecified atom stereocenters. The third-order valence-electron chi connectivity index (χ3n) is 4.44. The van der Waals surface area contributed by atoms with Crippen molar-refractivity contribution < 1.29 is 0 Å². The molecular formula is C16H24BrN3. The minimum atomic E-state index is 0.664. The third-order valence-corrected chi connectivity index (χ3v) is 4.87. The lowest BCUT2D eigenvalue weighted by molar-refractivity contribution is 0.445. The maximum absolute atomic E-state index is 4.74. The van der Waals surface area contributed by atoms with Gasteiger partial charge in [0.15, 0.2) is 0 Å². The third kappa shape index (κ3) is 3.34. The molecule has 1 aliphatic heterocycles. The summed E-state index contributed by atoms with van der Waals surface area (Å²) in [6, 6.07) is 3.64. The maximum Gasteiger partial charge on any atom is 0.133 e. The van der Waals surface area contributed by atoms with E-state index in [1.807, 2.05) is 6.20 Å². The number of piperidine rings is 1. The van der Waals surface area contributed by atoms with Crippen LogP contribution in [0.1, 0.15) is 51.0 Å². The molecule has 20 heavy (non-hydrogen) atoms. The molecule has 2 fully saturated rings. The van der Waals surface area contributed by atoms with Gasteiger partial charge >= 0.3 is 0 Å². The van der Waals surface area contributed by atoms with Crippen molar-refractivity contribution >= 4 is 21.7 Å². The summed E-state index contributed by atoms with van der Waals surface area (Å²) < 4.78 is 1.08. The van der Waals surface area contributed by atoms with E-state index in [0.717, 1.165) is 23.6 Å². The van der Waals surface area contributed by atoms with Gasteiger partial charge in [-0.2, -0.15) is 0 Å². The molecule has 0 aromatic carbocycles. The molecule has 2 aliphatic rings. The van der Waals surface area contributed by atoms with Crippen LogP contribution in [-0.2, 0) is 6.54 Å². The van der Waals surface area contributed by atoms with E-state index in [1.54, 1.807) is 0 Å². The van der Waals surface area contributed by atoms with E-state index in [-0.39, 0.29) is 0 Å². The number of nitrogens with one attached hydrogen (secondary N) is 1. The van der Waals surface area contributed by atoms with E-state index in [0.29, 0.717) is 6.04 Å². The second-order valence-electron chi connectivity index (χ2n) is 6.04. The molecular weight excluding hydrogens is 314 g/mol. The van der Waals surface area contributed by atoms with Crippen molar-refractivity contribution in [2.75, 3.05) is 11.4 Å². The smallest absolute Gasteiger partial charge is 0.133 e. The molecule has 1 atom stereocenters. The quantitative estimate of drug-likeness (QED) is 0.884. The largest absolute Gasteiger partial charge is 0.353 e. The van der Waals surface area contributed by atoms with Crippen LogP contribution >= 0.6 is 15.9 Å². The molecule has 1 N–H and O–H groups in total. The van der Waals surface area contributed by atoms with Crippen LogP contribution < -0.4 is 10.2 Å². The predicted molar refractivity (Wildman–Crippen MR) is 87.1 cm³/mol. The highest BCUT2D eigenvalue weighted by atomic mass is 79.9. The summed E-state index contributed by atoms with van der Waals surface area (Å²) in [6.45, 7) is 4.40. The Morgan fingerprint density at radius 1 is 1.35 bits per heavy atom. The van der Waals surface area contributed by atoms with Gasteiger partial charge in [-0.25, -0.2) is 4.98 Å². The molecule has 3 nitrogen and oxygen atoms in total. The summed E-state index contributed by atoms with van der Waals surface area (Å²) in [5, 5.41) is 3.62. The van der Waals surface area contributed by atoms with Crippen molar-refractivity contribution in [1.29, 1.82) is 0 Å². The van der Waals surface area contributed by atoms with Crippen LogP contribution in [-0.4, -0.2) is 23.6 Å². The van der Waals surface area contributed by atoms with Crippen LogP contribution in [0.15, 0.2) is 16.7 Å². The van der Waals surface area contributed by atoms with Gasteiger partial charge in [-0.3, -0.25) is 0 Å². The molecule has 0 amide bonds. The van der Waals surface area contributed by atoms with Gasteiger partial charge in [0, 0.05) is 41.4 Å². The summed E-state index contributed by atoms with van der Waals surface area (Å²) in [7, 11) is 0. The lowest BCUT2D eigenvalue weighted by Crippen LogP contribution is -2.40. The fourth-order valence-corrected chi connectivity index (χ4v) is 3.49. The van der Waals surface area contributed by atoms with Crippen molar-refractivity contribution in [2.24, 2.45) is 0 Å². The SMILES string of the molecule is CCC1CCCCN1c1ncc(Br)cc1CNC1CC1. The fourth-order valence-electron chi connectivity index (χ4n) is 3.11. The number of hydrogen-bond acceptors (Lipinski definition) is 3. The normalized spacial score (nSPS) is 23.1. The highest BCUT2D eigenvalue weighted by Gasteiger charge is 2.25. The van der Waals surface area contributed by atoms with Crippen LogP contribution in [0.25, 0.3) is 0 Å². The zero-order valence-electron chi connectivity index (χ0n) is 12.2. The Bertz CT molecular complexity index is 459. The summed E-state index contributed by atoms with van der Waals surface area (Å²) >= 11 is 3.57. The molecule has 3 rings (SSSR count). The second kappa shape index (κ2) is 6.44. The number of halogens is 1. The average molecular weight is 338 g/mol. The Morgan fingerprint density at radius 2 is 2.20 bits per heavy atom. The van der Waals surface area contributed by atoms with Gasteiger partial charge in [-0.15, -0.1) is 0 Å². The van der Waals surface area contributed by atoms with E-state index >= 15 is 0 Å². The van der Waals surface area contributed by atoms with Crippen LogP contribution in [0.3, 0.4) is 0 Å². The van der Waals surface area contributed by atoms with E-state index in [4.69, 9.17) is 4.98 Å².